The van der Waals surface area contributed by atoms with Crippen molar-refractivity contribution >= 4 is 28.5 Å². The number of likely N-dealkylation sites (N-methyl/N-ethyl adjacent to an activating group) is 1. The summed E-state index contributed by atoms with van der Waals surface area (Å²) in [6, 6.07) is 7.81. The summed E-state index contributed by atoms with van der Waals surface area (Å²) in [6.45, 7) is 7.40. The van der Waals surface area contributed by atoms with Gasteiger partial charge in [-0.05, 0) is 43.0 Å². The zero-order chi connectivity index (χ0) is 31.1. The van der Waals surface area contributed by atoms with E-state index in [9.17, 15) is 9.59 Å². The highest BCUT2D eigenvalue weighted by Gasteiger charge is 2.27. The number of amides is 2. The Hall–Kier alpha value is -4.12. The number of nitrogens with one attached hydrogen (secondary N) is 1. The molecular formula is C33H44N6O5. The van der Waals surface area contributed by atoms with Gasteiger partial charge in [0.05, 0.1) is 33.3 Å². The standard InChI is InChI=1S/C33H44N6O5/c1-5-37-14-15-38(30(41)16-23-8-6-11-34-19-23)13-10-29(40)35-20-24-9-7-12-39(21-24)33-25(22-37)17-26-27(36-33)18-28(42-2)32(44-4)31(26)43-3/h6,8,11,17-19,24H,5,7,9-10,12-16,20-22H2,1-4H3,(H,35,40). The third-order valence-corrected chi connectivity index (χ3v) is 8.65. The molecule has 236 valence electrons. The molecule has 44 heavy (non-hydrogen) atoms. The molecule has 1 atom stereocenters. The number of piperidine rings is 1. The predicted octanol–water partition coefficient (Wildman–Crippen LogP) is 3.29. The molecular weight excluding hydrogens is 560 g/mol. The lowest BCUT2D eigenvalue weighted by atomic mass is 9.97. The number of rotatable bonds is 6. The summed E-state index contributed by atoms with van der Waals surface area (Å²) in [6.07, 6.45) is 6.00. The molecule has 0 saturated carbocycles. The molecule has 2 aromatic heterocycles. The minimum absolute atomic E-state index is 0.00743. The quantitative estimate of drug-likeness (QED) is 0.453. The molecule has 0 aliphatic carbocycles. The van der Waals surface area contributed by atoms with Crippen molar-refractivity contribution in [2.45, 2.75) is 39.2 Å². The highest BCUT2D eigenvalue weighted by molar-refractivity contribution is 5.92. The number of aromatic nitrogens is 2. The van der Waals surface area contributed by atoms with Crippen LogP contribution in [0.3, 0.4) is 0 Å². The molecule has 1 aromatic carbocycles. The fourth-order valence-electron chi connectivity index (χ4n) is 6.22. The lowest BCUT2D eigenvalue weighted by Crippen LogP contribution is -2.42. The van der Waals surface area contributed by atoms with Crippen LogP contribution in [0, 0.1) is 5.92 Å². The predicted molar refractivity (Wildman–Crippen MR) is 169 cm³/mol. The molecule has 5 rings (SSSR count). The summed E-state index contributed by atoms with van der Waals surface area (Å²) in [5, 5.41) is 4.00. The Balaban J connectivity index is 1.52. The number of carbonyl (C=O) groups is 2. The van der Waals surface area contributed by atoms with Gasteiger partial charge in [0.15, 0.2) is 11.5 Å². The number of nitrogens with zero attached hydrogens (tertiary/aromatic N) is 5. The van der Waals surface area contributed by atoms with Crippen molar-refractivity contribution in [3.05, 3.63) is 47.8 Å². The monoisotopic (exact) mass is 604 g/mol. The number of carbonyl (C=O) groups excluding carboxylic acids is 2. The van der Waals surface area contributed by atoms with E-state index >= 15 is 0 Å². The number of pyridine rings is 2. The maximum Gasteiger partial charge on any atom is 0.227 e. The fraction of sp³-hybridized carbons (Fsp3) is 0.515. The number of hydrogen-bond acceptors (Lipinski definition) is 9. The Morgan fingerprint density at radius 2 is 1.91 bits per heavy atom. The lowest BCUT2D eigenvalue weighted by molar-refractivity contribution is -0.131. The third kappa shape index (κ3) is 7.15. The molecule has 11 nitrogen and oxygen atoms in total. The Kier molecular flexibility index (Phi) is 10.4. The van der Waals surface area contributed by atoms with Crippen molar-refractivity contribution in [1.29, 1.82) is 0 Å². The van der Waals surface area contributed by atoms with Gasteiger partial charge in [0.1, 0.15) is 5.82 Å². The van der Waals surface area contributed by atoms with Crippen molar-refractivity contribution in [3.8, 4) is 17.2 Å². The first kappa shape index (κ1) is 31.3. The van der Waals surface area contributed by atoms with Gasteiger partial charge in [-0.15, -0.1) is 0 Å². The second kappa shape index (κ2) is 14.6. The van der Waals surface area contributed by atoms with E-state index < -0.39 is 0 Å². The van der Waals surface area contributed by atoms with E-state index in [1.54, 1.807) is 33.7 Å². The van der Waals surface area contributed by atoms with Gasteiger partial charge in [-0.2, -0.15) is 0 Å². The maximum absolute atomic E-state index is 13.4. The molecule has 4 heterocycles. The maximum atomic E-state index is 13.4. The van der Waals surface area contributed by atoms with Crippen LogP contribution in [-0.2, 0) is 22.6 Å². The number of methoxy groups -OCH3 is 3. The fourth-order valence-corrected chi connectivity index (χ4v) is 6.22. The summed E-state index contributed by atoms with van der Waals surface area (Å²) in [4.78, 5) is 42.2. The zero-order valence-electron chi connectivity index (χ0n) is 26.3. The van der Waals surface area contributed by atoms with Gasteiger partial charge in [0, 0.05) is 81.6 Å². The molecule has 3 aromatic rings. The van der Waals surface area contributed by atoms with Gasteiger partial charge in [0.25, 0.3) is 0 Å². The van der Waals surface area contributed by atoms with E-state index in [4.69, 9.17) is 19.2 Å². The summed E-state index contributed by atoms with van der Waals surface area (Å²) >= 11 is 0. The van der Waals surface area contributed by atoms with Crippen LogP contribution < -0.4 is 24.4 Å². The first-order chi connectivity index (χ1) is 21.4. The number of benzene rings is 1. The average molecular weight is 605 g/mol. The molecule has 1 unspecified atom stereocenters. The van der Waals surface area contributed by atoms with Crippen LogP contribution in [0.5, 0.6) is 17.2 Å². The van der Waals surface area contributed by atoms with Crippen molar-refractivity contribution in [2.75, 3.05) is 72.0 Å². The van der Waals surface area contributed by atoms with Gasteiger partial charge in [-0.1, -0.05) is 13.0 Å². The van der Waals surface area contributed by atoms with Gasteiger partial charge < -0.3 is 29.3 Å². The summed E-state index contributed by atoms with van der Waals surface area (Å²) in [7, 11) is 4.84. The van der Waals surface area contributed by atoms with Crippen LogP contribution >= 0.6 is 0 Å². The zero-order valence-corrected chi connectivity index (χ0v) is 26.3. The number of fused-ring (bicyclic) bond motifs is 5. The Morgan fingerprint density at radius 3 is 2.64 bits per heavy atom. The molecule has 1 saturated heterocycles. The molecule has 2 bridgehead atoms. The van der Waals surface area contributed by atoms with Gasteiger partial charge in [0.2, 0.25) is 17.6 Å². The van der Waals surface area contributed by atoms with Crippen LogP contribution in [0.25, 0.3) is 10.9 Å². The summed E-state index contributed by atoms with van der Waals surface area (Å²) in [5.41, 5.74) is 2.71. The first-order valence-corrected chi connectivity index (χ1v) is 15.5. The minimum atomic E-state index is -0.0267. The number of hydrogen-bond donors (Lipinski definition) is 1. The second-order valence-corrected chi connectivity index (χ2v) is 11.5. The molecule has 2 aliphatic heterocycles. The first-order valence-electron chi connectivity index (χ1n) is 15.5. The van der Waals surface area contributed by atoms with E-state index in [1.807, 2.05) is 23.1 Å². The van der Waals surface area contributed by atoms with E-state index in [1.165, 1.54) is 0 Å². The van der Waals surface area contributed by atoms with E-state index in [0.29, 0.717) is 55.9 Å². The van der Waals surface area contributed by atoms with E-state index in [0.717, 1.165) is 60.3 Å². The largest absolute Gasteiger partial charge is 0.493 e. The van der Waals surface area contributed by atoms with Crippen LogP contribution in [0.1, 0.15) is 37.3 Å². The molecule has 0 spiro atoms. The molecule has 1 N–H and O–H groups in total. The molecule has 0 radical (unpaired) electrons. The van der Waals surface area contributed by atoms with Crippen molar-refractivity contribution in [2.24, 2.45) is 5.92 Å². The van der Waals surface area contributed by atoms with Crippen LogP contribution in [0.15, 0.2) is 36.7 Å². The van der Waals surface area contributed by atoms with Gasteiger partial charge in [-0.25, -0.2) is 4.98 Å². The van der Waals surface area contributed by atoms with Crippen molar-refractivity contribution in [3.63, 3.8) is 0 Å². The molecule has 11 heteroatoms. The van der Waals surface area contributed by atoms with Gasteiger partial charge >= 0.3 is 0 Å². The summed E-state index contributed by atoms with van der Waals surface area (Å²) < 4.78 is 17.1. The highest BCUT2D eigenvalue weighted by Crippen LogP contribution is 2.44. The number of ether oxygens (including phenoxy) is 3. The molecule has 2 amide bonds. The van der Waals surface area contributed by atoms with Crippen LogP contribution in [-0.4, -0.2) is 98.7 Å². The molecule has 1 fully saturated rings. The Labute approximate surface area is 259 Å². The van der Waals surface area contributed by atoms with Crippen LogP contribution in [0.2, 0.25) is 0 Å². The van der Waals surface area contributed by atoms with Gasteiger partial charge in [-0.3, -0.25) is 19.5 Å². The Bertz CT molecular complexity index is 1450. The van der Waals surface area contributed by atoms with E-state index in [2.05, 4.69) is 33.1 Å². The molecule has 2 aliphatic rings. The van der Waals surface area contributed by atoms with Crippen molar-refractivity contribution < 1.29 is 23.8 Å². The normalized spacial score (nSPS) is 18.5. The van der Waals surface area contributed by atoms with Crippen molar-refractivity contribution in [1.82, 2.24) is 25.1 Å². The SMILES string of the molecule is CCN1CCN(C(=O)Cc2cccnc2)CCC(=O)NCC2CCCN(C2)c2nc3cc(OC)c(OC)c(OC)c3cc2C1. The summed E-state index contributed by atoms with van der Waals surface area (Å²) in [5.74, 6) is 2.88. The third-order valence-electron chi connectivity index (χ3n) is 8.65. The smallest absolute Gasteiger partial charge is 0.227 e. The van der Waals surface area contributed by atoms with E-state index in [-0.39, 0.29) is 24.7 Å². The highest BCUT2D eigenvalue weighted by atomic mass is 16.5. The average Bonchev–Trinajstić information content (AvgIpc) is 3.05. The minimum Gasteiger partial charge on any atom is -0.493 e. The topological polar surface area (TPSA) is 109 Å². The number of anilines is 1. The van der Waals surface area contributed by atoms with Crippen LogP contribution in [0.4, 0.5) is 5.82 Å². The Morgan fingerprint density at radius 1 is 1.07 bits per heavy atom. The lowest BCUT2D eigenvalue weighted by Gasteiger charge is -2.35. The second-order valence-electron chi connectivity index (χ2n) is 11.5.